The van der Waals surface area contributed by atoms with Gasteiger partial charge in [0.15, 0.2) is 0 Å². The first-order valence-corrected chi connectivity index (χ1v) is 8.52. The minimum absolute atomic E-state index is 0.366. The van der Waals surface area contributed by atoms with Crippen LogP contribution in [-0.2, 0) is 9.84 Å². The second kappa shape index (κ2) is 8.29. The number of hydrogen-bond acceptors (Lipinski definition) is 4. The highest BCUT2D eigenvalue weighted by Crippen LogP contribution is 2.21. The Labute approximate surface area is 124 Å². The van der Waals surface area contributed by atoms with Gasteiger partial charge in [-0.3, -0.25) is 0 Å². The molecule has 0 amide bonds. The molecule has 0 aliphatic rings. The molecule has 0 saturated carbocycles. The lowest BCUT2D eigenvalue weighted by Crippen LogP contribution is -2.18. The zero-order valence-corrected chi connectivity index (χ0v) is 12.9. The van der Waals surface area contributed by atoms with Crippen LogP contribution in [0.4, 0.5) is 14.5 Å². The van der Waals surface area contributed by atoms with Crippen molar-refractivity contribution in [1.29, 1.82) is 0 Å². The predicted molar refractivity (Wildman–Crippen MR) is 80.2 cm³/mol. The minimum Gasteiger partial charge on any atom is -0.385 e. The third-order valence-corrected chi connectivity index (χ3v) is 4.68. The van der Waals surface area contributed by atoms with Crippen LogP contribution in [0.5, 0.6) is 0 Å². The fourth-order valence-corrected chi connectivity index (χ4v) is 2.84. The molecule has 0 saturated heterocycles. The van der Waals surface area contributed by atoms with Crippen LogP contribution in [-0.4, -0.2) is 27.3 Å². The quantitative estimate of drug-likeness (QED) is 0.734. The van der Waals surface area contributed by atoms with Crippen LogP contribution in [0.3, 0.4) is 0 Å². The second-order valence-electron chi connectivity index (χ2n) is 4.94. The summed E-state index contributed by atoms with van der Waals surface area (Å²) in [5.41, 5.74) is 6.27. The number of benzene rings is 1. The van der Waals surface area contributed by atoms with Crippen molar-refractivity contribution in [1.82, 2.24) is 0 Å². The number of nitrogens with one attached hydrogen (secondary N) is 1. The van der Waals surface area contributed by atoms with Gasteiger partial charge in [0.2, 0.25) is 9.84 Å². The van der Waals surface area contributed by atoms with Gasteiger partial charge in [0.1, 0.15) is 0 Å². The number of alkyl halides is 2. The first-order valence-electron chi connectivity index (χ1n) is 6.97. The summed E-state index contributed by atoms with van der Waals surface area (Å²) < 4.78 is 47.4. The van der Waals surface area contributed by atoms with Gasteiger partial charge in [0, 0.05) is 12.2 Å². The van der Waals surface area contributed by atoms with Crippen molar-refractivity contribution in [3.05, 3.63) is 24.3 Å². The first-order chi connectivity index (χ1) is 9.91. The van der Waals surface area contributed by atoms with Crippen molar-refractivity contribution >= 4 is 15.5 Å². The van der Waals surface area contributed by atoms with E-state index < -0.39 is 15.6 Å². The van der Waals surface area contributed by atoms with Crippen LogP contribution < -0.4 is 11.1 Å². The summed E-state index contributed by atoms with van der Waals surface area (Å²) in [6.07, 6.45) is 3.04. The van der Waals surface area contributed by atoms with E-state index >= 15 is 0 Å². The second-order valence-corrected chi connectivity index (χ2v) is 6.86. The smallest absolute Gasteiger partial charge is 0.341 e. The van der Waals surface area contributed by atoms with Crippen LogP contribution in [0.2, 0.25) is 0 Å². The molecule has 7 heteroatoms. The van der Waals surface area contributed by atoms with Crippen molar-refractivity contribution in [2.75, 3.05) is 18.4 Å². The van der Waals surface area contributed by atoms with Crippen LogP contribution in [0.25, 0.3) is 0 Å². The molecular formula is C14H22F2N2O2S. The number of halogens is 2. The number of anilines is 1. The third kappa shape index (κ3) is 5.24. The average molecular weight is 320 g/mol. The maximum atomic E-state index is 12.4. The Morgan fingerprint density at radius 2 is 1.81 bits per heavy atom. The summed E-state index contributed by atoms with van der Waals surface area (Å²) in [4.78, 5) is -0.366. The molecule has 1 aromatic rings. The SMILES string of the molecule is CCCC(CCN)CNc1ccc(S(=O)(=O)C(F)F)cc1. The summed E-state index contributed by atoms with van der Waals surface area (Å²) in [6, 6.07) is 5.39. The molecule has 120 valence electrons. The maximum Gasteiger partial charge on any atom is 0.341 e. The fraction of sp³-hybridized carbons (Fsp3) is 0.571. The molecule has 0 bridgehead atoms. The van der Waals surface area contributed by atoms with Gasteiger partial charge in [0.05, 0.1) is 4.90 Å². The summed E-state index contributed by atoms with van der Waals surface area (Å²) in [5.74, 6) is -2.95. The molecule has 4 nitrogen and oxygen atoms in total. The van der Waals surface area contributed by atoms with E-state index in [-0.39, 0.29) is 4.90 Å². The fourth-order valence-electron chi connectivity index (χ4n) is 2.12. The summed E-state index contributed by atoms with van der Waals surface area (Å²) in [7, 11) is -4.52. The van der Waals surface area contributed by atoms with Crippen molar-refractivity contribution in [3.8, 4) is 0 Å². The van der Waals surface area contributed by atoms with Crippen LogP contribution in [0, 0.1) is 5.92 Å². The standard InChI is InChI=1S/C14H22F2N2O2S/c1-2-3-11(8-9-17)10-18-12-4-6-13(7-5-12)21(19,20)14(15)16/h4-7,11,14,18H,2-3,8-10,17H2,1H3. The Hall–Kier alpha value is -1.21. The minimum atomic E-state index is -4.52. The Balaban J connectivity index is 2.67. The molecule has 1 atom stereocenters. The monoisotopic (exact) mass is 320 g/mol. The molecular weight excluding hydrogens is 298 g/mol. The van der Waals surface area contributed by atoms with Gasteiger partial charge in [0.25, 0.3) is 0 Å². The van der Waals surface area contributed by atoms with E-state index in [2.05, 4.69) is 12.2 Å². The van der Waals surface area contributed by atoms with Gasteiger partial charge in [-0.15, -0.1) is 0 Å². The zero-order chi connectivity index (χ0) is 15.9. The average Bonchev–Trinajstić information content (AvgIpc) is 2.45. The lowest BCUT2D eigenvalue weighted by molar-refractivity contribution is 0.234. The van der Waals surface area contributed by atoms with Crippen LogP contribution in [0.1, 0.15) is 26.2 Å². The Kier molecular flexibility index (Phi) is 7.04. The Bertz CT molecular complexity index is 512. The molecule has 0 aliphatic heterocycles. The van der Waals surface area contributed by atoms with Gasteiger partial charge < -0.3 is 11.1 Å². The van der Waals surface area contributed by atoms with E-state index in [1.54, 1.807) is 0 Å². The van der Waals surface area contributed by atoms with Crippen molar-refractivity contribution in [2.24, 2.45) is 11.7 Å². The normalized spacial score (nSPS) is 13.4. The lowest BCUT2D eigenvalue weighted by Gasteiger charge is -2.17. The van der Waals surface area contributed by atoms with Crippen LogP contribution in [0.15, 0.2) is 29.2 Å². The summed E-state index contributed by atoms with van der Waals surface area (Å²) in [6.45, 7) is 3.46. The highest BCUT2D eigenvalue weighted by Gasteiger charge is 2.26. The van der Waals surface area contributed by atoms with Gasteiger partial charge >= 0.3 is 5.76 Å². The highest BCUT2D eigenvalue weighted by molar-refractivity contribution is 7.91. The molecule has 1 aromatic carbocycles. The zero-order valence-electron chi connectivity index (χ0n) is 12.1. The van der Waals surface area contributed by atoms with E-state index in [0.717, 1.165) is 25.8 Å². The van der Waals surface area contributed by atoms with Gasteiger partial charge in [-0.2, -0.15) is 8.78 Å². The van der Waals surface area contributed by atoms with Gasteiger partial charge in [-0.1, -0.05) is 13.3 Å². The molecule has 0 heterocycles. The number of nitrogens with two attached hydrogens (primary N) is 1. The molecule has 1 unspecified atom stereocenters. The number of sulfone groups is 1. The largest absolute Gasteiger partial charge is 0.385 e. The number of hydrogen-bond donors (Lipinski definition) is 2. The predicted octanol–water partition coefficient (Wildman–Crippen LogP) is 2.86. The van der Waals surface area contributed by atoms with Crippen molar-refractivity contribution in [3.63, 3.8) is 0 Å². The molecule has 0 spiro atoms. The van der Waals surface area contributed by atoms with Crippen molar-refractivity contribution < 1.29 is 17.2 Å². The van der Waals surface area contributed by atoms with E-state index in [4.69, 9.17) is 5.73 Å². The van der Waals surface area contributed by atoms with E-state index in [1.165, 1.54) is 24.3 Å². The molecule has 21 heavy (non-hydrogen) atoms. The summed E-state index contributed by atoms with van der Waals surface area (Å²) in [5, 5.41) is 3.18. The maximum absolute atomic E-state index is 12.4. The van der Waals surface area contributed by atoms with E-state index in [0.29, 0.717) is 18.2 Å². The highest BCUT2D eigenvalue weighted by atomic mass is 32.2. The molecule has 0 fully saturated rings. The van der Waals surface area contributed by atoms with Crippen LogP contribution >= 0.6 is 0 Å². The number of rotatable bonds is 9. The molecule has 3 N–H and O–H groups in total. The van der Waals surface area contributed by atoms with E-state index in [9.17, 15) is 17.2 Å². The Morgan fingerprint density at radius 1 is 1.19 bits per heavy atom. The molecule has 1 rings (SSSR count). The van der Waals surface area contributed by atoms with Gasteiger partial charge in [-0.05, 0) is 49.6 Å². The van der Waals surface area contributed by atoms with E-state index in [1.807, 2.05) is 0 Å². The lowest BCUT2D eigenvalue weighted by atomic mass is 10.00. The molecule has 0 radical (unpaired) electrons. The molecule has 0 aliphatic carbocycles. The first kappa shape index (κ1) is 17.8. The van der Waals surface area contributed by atoms with Crippen molar-refractivity contribution in [2.45, 2.75) is 36.8 Å². The van der Waals surface area contributed by atoms with Gasteiger partial charge in [-0.25, -0.2) is 8.42 Å². The third-order valence-electron chi connectivity index (χ3n) is 3.28. The topological polar surface area (TPSA) is 72.2 Å². The Morgan fingerprint density at radius 3 is 2.29 bits per heavy atom. The summed E-state index contributed by atoms with van der Waals surface area (Å²) >= 11 is 0. The molecule has 0 aromatic heterocycles.